The lowest BCUT2D eigenvalue weighted by atomic mass is 10.2. The maximum atomic E-state index is 10.9. The van der Waals surface area contributed by atoms with Crippen LogP contribution in [-0.4, -0.2) is 37.5 Å². The molecular weight excluding hydrogens is 208 g/mol. The first-order chi connectivity index (χ1) is 7.61. The second-order valence-electron chi connectivity index (χ2n) is 3.07. The van der Waals surface area contributed by atoms with Crippen LogP contribution in [0.15, 0.2) is 25.4 Å². The average Bonchev–Trinajstić information content (AvgIpc) is 2.30. The number of hydrogen-bond donors (Lipinski definition) is 2. The largest absolute Gasteiger partial charge is 0.367 e. The molecule has 2 N–H and O–H groups in total. The standard InChI is InChI=1S/C7H11NO2.C4H7NO/c1-2-6(9)7-5-8-3-4-10-7;1-3-5-4(2)6/h2,7-8H,1,3-5H2;3H,1H2,2H3,(H,5,6). The van der Waals surface area contributed by atoms with Crippen molar-refractivity contribution in [1.29, 1.82) is 0 Å². The van der Waals surface area contributed by atoms with Gasteiger partial charge in [-0.3, -0.25) is 9.59 Å². The minimum Gasteiger partial charge on any atom is -0.367 e. The highest BCUT2D eigenvalue weighted by molar-refractivity contribution is 5.93. The van der Waals surface area contributed by atoms with Gasteiger partial charge in [0, 0.05) is 20.0 Å². The van der Waals surface area contributed by atoms with Crippen molar-refractivity contribution in [3.8, 4) is 0 Å². The fourth-order valence-corrected chi connectivity index (χ4v) is 1.02. The zero-order valence-electron chi connectivity index (χ0n) is 9.49. The van der Waals surface area contributed by atoms with Crippen LogP contribution in [0.2, 0.25) is 0 Å². The molecule has 1 atom stereocenters. The van der Waals surface area contributed by atoms with E-state index < -0.39 is 0 Å². The van der Waals surface area contributed by atoms with Crippen molar-refractivity contribution < 1.29 is 14.3 Å². The molecule has 5 nitrogen and oxygen atoms in total. The van der Waals surface area contributed by atoms with Gasteiger partial charge in [-0.25, -0.2) is 0 Å². The van der Waals surface area contributed by atoms with Crippen LogP contribution in [-0.2, 0) is 14.3 Å². The second-order valence-corrected chi connectivity index (χ2v) is 3.07. The molecule has 1 rings (SSSR count). The summed E-state index contributed by atoms with van der Waals surface area (Å²) < 4.78 is 5.15. The van der Waals surface area contributed by atoms with E-state index in [1.54, 1.807) is 0 Å². The van der Waals surface area contributed by atoms with Gasteiger partial charge >= 0.3 is 0 Å². The number of carbonyl (C=O) groups excluding carboxylic acids is 2. The molecule has 0 spiro atoms. The van der Waals surface area contributed by atoms with Gasteiger partial charge in [0.1, 0.15) is 6.10 Å². The number of rotatable bonds is 3. The Balaban J connectivity index is 0.000000325. The van der Waals surface area contributed by atoms with Gasteiger partial charge in [0.2, 0.25) is 5.91 Å². The lowest BCUT2D eigenvalue weighted by Crippen LogP contribution is -2.42. The smallest absolute Gasteiger partial charge is 0.220 e. The molecule has 1 aliphatic heterocycles. The first-order valence-corrected chi connectivity index (χ1v) is 4.98. The van der Waals surface area contributed by atoms with E-state index in [2.05, 4.69) is 23.8 Å². The zero-order chi connectivity index (χ0) is 12.4. The third-order valence-electron chi connectivity index (χ3n) is 1.75. The van der Waals surface area contributed by atoms with E-state index in [1.807, 2.05) is 0 Å². The lowest BCUT2D eigenvalue weighted by Gasteiger charge is -2.20. The minimum absolute atomic E-state index is 0.0350. The van der Waals surface area contributed by atoms with E-state index in [-0.39, 0.29) is 17.8 Å². The first-order valence-electron chi connectivity index (χ1n) is 4.98. The Morgan fingerprint density at radius 2 is 2.19 bits per heavy atom. The third-order valence-corrected chi connectivity index (χ3v) is 1.75. The maximum Gasteiger partial charge on any atom is 0.220 e. The number of amides is 1. The van der Waals surface area contributed by atoms with Gasteiger partial charge in [0.05, 0.1) is 6.61 Å². The molecule has 5 heteroatoms. The fraction of sp³-hybridized carbons (Fsp3) is 0.455. The minimum atomic E-state index is -0.300. The van der Waals surface area contributed by atoms with Crippen molar-refractivity contribution >= 4 is 11.7 Å². The van der Waals surface area contributed by atoms with Crippen LogP contribution in [0.5, 0.6) is 0 Å². The molecule has 0 radical (unpaired) electrons. The lowest BCUT2D eigenvalue weighted by molar-refractivity contribution is -0.127. The summed E-state index contributed by atoms with van der Waals surface area (Å²) in [6.45, 7) is 10.1. The maximum absolute atomic E-state index is 10.9. The monoisotopic (exact) mass is 226 g/mol. The molecular formula is C11H18N2O3. The fourth-order valence-electron chi connectivity index (χ4n) is 1.02. The first kappa shape index (κ1) is 14.5. The number of morpholine rings is 1. The molecule has 0 bridgehead atoms. The van der Waals surface area contributed by atoms with Crippen LogP contribution < -0.4 is 10.6 Å². The Bertz CT molecular complexity index is 258. The molecule has 0 aromatic carbocycles. The number of nitrogens with one attached hydrogen (secondary N) is 2. The van der Waals surface area contributed by atoms with Crippen LogP contribution in [0, 0.1) is 0 Å². The van der Waals surface area contributed by atoms with E-state index in [0.29, 0.717) is 13.2 Å². The van der Waals surface area contributed by atoms with Gasteiger partial charge in [0.15, 0.2) is 5.78 Å². The quantitative estimate of drug-likeness (QED) is 0.664. The number of hydrogen-bond acceptors (Lipinski definition) is 4. The normalized spacial score (nSPS) is 18.7. The van der Waals surface area contributed by atoms with Gasteiger partial charge in [0.25, 0.3) is 0 Å². The number of ketones is 1. The van der Waals surface area contributed by atoms with Gasteiger partial charge in [-0.2, -0.15) is 0 Å². The number of carbonyl (C=O) groups is 2. The Morgan fingerprint density at radius 1 is 1.50 bits per heavy atom. The van der Waals surface area contributed by atoms with E-state index in [4.69, 9.17) is 4.74 Å². The zero-order valence-corrected chi connectivity index (χ0v) is 9.49. The van der Waals surface area contributed by atoms with Gasteiger partial charge in [-0.05, 0) is 12.3 Å². The van der Waals surface area contributed by atoms with E-state index in [0.717, 1.165) is 6.54 Å². The van der Waals surface area contributed by atoms with Crippen molar-refractivity contribution in [3.63, 3.8) is 0 Å². The highest BCUT2D eigenvalue weighted by Gasteiger charge is 2.18. The summed E-state index contributed by atoms with van der Waals surface area (Å²) in [5.41, 5.74) is 0. The topological polar surface area (TPSA) is 67.4 Å². The van der Waals surface area contributed by atoms with Crippen molar-refractivity contribution in [1.82, 2.24) is 10.6 Å². The Labute approximate surface area is 95.5 Å². The van der Waals surface area contributed by atoms with Crippen molar-refractivity contribution in [2.75, 3.05) is 19.7 Å². The third kappa shape index (κ3) is 6.92. The predicted octanol–water partition coefficient (Wildman–Crippen LogP) is -0.00410. The van der Waals surface area contributed by atoms with E-state index >= 15 is 0 Å². The molecule has 90 valence electrons. The van der Waals surface area contributed by atoms with Crippen molar-refractivity contribution in [2.45, 2.75) is 13.0 Å². The van der Waals surface area contributed by atoms with Gasteiger partial charge < -0.3 is 15.4 Å². The Hall–Kier alpha value is -1.46. The molecule has 0 saturated carbocycles. The summed E-state index contributed by atoms with van der Waals surface area (Å²) >= 11 is 0. The summed E-state index contributed by atoms with van der Waals surface area (Å²) in [6.07, 6.45) is 2.35. The second kappa shape index (κ2) is 8.82. The molecule has 1 fully saturated rings. The Morgan fingerprint density at radius 3 is 2.50 bits per heavy atom. The summed E-state index contributed by atoms with van der Waals surface area (Å²) in [5, 5.41) is 5.39. The summed E-state index contributed by atoms with van der Waals surface area (Å²) in [5.74, 6) is -0.114. The van der Waals surface area contributed by atoms with Crippen molar-refractivity contribution in [2.24, 2.45) is 0 Å². The SMILES string of the molecule is C=CC(=O)C1CNCCO1.C=CNC(C)=O. The predicted molar refractivity (Wildman–Crippen MR) is 61.8 cm³/mol. The molecule has 16 heavy (non-hydrogen) atoms. The van der Waals surface area contributed by atoms with Crippen LogP contribution in [0.4, 0.5) is 0 Å². The van der Waals surface area contributed by atoms with Crippen molar-refractivity contribution in [3.05, 3.63) is 25.4 Å². The summed E-state index contributed by atoms with van der Waals surface area (Å²) in [6, 6.07) is 0. The molecule has 0 aliphatic carbocycles. The van der Waals surface area contributed by atoms with Crippen LogP contribution in [0.25, 0.3) is 0 Å². The average molecular weight is 226 g/mol. The molecule has 1 heterocycles. The van der Waals surface area contributed by atoms with E-state index in [9.17, 15) is 9.59 Å². The van der Waals surface area contributed by atoms with E-state index in [1.165, 1.54) is 19.2 Å². The highest BCUT2D eigenvalue weighted by atomic mass is 16.5. The molecule has 1 aliphatic rings. The molecule has 0 aromatic heterocycles. The molecule has 1 amide bonds. The van der Waals surface area contributed by atoms with Crippen LogP contribution in [0.3, 0.4) is 0 Å². The van der Waals surface area contributed by atoms with Gasteiger partial charge in [-0.1, -0.05) is 13.2 Å². The summed E-state index contributed by atoms with van der Waals surface area (Å²) in [7, 11) is 0. The number of ether oxygens (including phenoxy) is 1. The Kier molecular flexibility index (Phi) is 8.01. The van der Waals surface area contributed by atoms with Crippen LogP contribution >= 0.6 is 0 Å². The highest BCUT2D eigenvalue weighted by Crippen LogP contribution is 1.97. The molecule has 1 saturated heterocycles. The van der Waals surface area contributed by atoms with Gasteiger partial charge in [-0.15, -0.1) is 0 Å². The molecule has 1 unspecified atom stereocenters. The summed E-state index contributed by atoms with van der Waals surface area (Å²) in [4.78, 5) is 20.7. The molecule has 0 aromatic rings. The van der Waals surface area contributed by atoms with Crippen LogP contribution in [0.1, 0.15) is 6.92 Å².